The number of hydrogen-bond donors (Lipinski definition) is 5. The number of fused-ring (bicyclic) bond motifs is 2. The molecule has 53 heavy (non-hydrogen) atoms. The number of ether oxygens (including phenoxy) is 2. The van der Waals surface area contributed by atoms with E-state index in [1.165, 1.54) is 22.6 Å². The monoisotopic (exact) mass is 731 g/mol. The van der Waals surface area contributed by atoms with Crippen molar-refractivity contribution in [3.05, 3.63) is 105 Å². The number of benzene rings is 3. The van der Waals surface area contributed by atoms with Crippen LogP contribution < -0.4 is 10.5 Å². The number of para-hydroxylation sites is 2. The first-order valence-electron chi connectivity index (χ1n) is 17.0. The van der Waals surface area contributed by atoms with Crippen LogP contribution >= 0.6 is 0 Å². The molecule has 2 aliphatic rings. The average Bonchev–Trinajstić information content (AvgIpc) is 3.60. The second-order valence-corrected chi connectivity index (χ2v) is 13.0. The van der Waals surface area contributed by atoms with Crippen molar-refractivity contribution in [1.82, 2.24) is 19.4 Å². The summed E-state index contributed by atoms with van der Waals surface area (Å²) < 4.78 is 33.7. The molecule has 16 heteroatoms. The summed E-state index contributed by atoms with van der Waals surface area (Å²) in [6.45, 7) is -0.394. The van der Waals surface area contributed by atoms with Gasteiger partial charge in [-0.3, -0.25) is 14.2 Å². The molecule has 3 aromatic carbocycles. The van der Waals surface area contributed by atoms with Crippen LogP contribution in [0.1, 0.15) is 33.1 Å². The second-order valence-electron chi connectivity index (χ2n) is 13.0. The zero-order valence-corrected chi connectivity index (χ0v) is 28.7. The minimum Gasteiger partial charge on any atom is -0.501 e. The molecule has 1 amide bonds. The van der Waals surface area contributed by atoms with Crippen LogP contribution in [0.25, 0.3) is 22.7 Å². The summed E-state index contributed by atoms with van der Waals surface area (Å²) in [6, 6.07) is 17.5. The number of aromatic hydroxyl groups is 1. The maximum Gasteiger partial charge on any atom is 0.297 e. The minimum absolute atomic E-state index is 0.0337. The molecule has 0 radical (unpaired) electrons. The molecule has 2 aromatic heterocycles. The SMILES string of the molecule is CN(CCO[C@@H]1O[C@H](CO)[C@H](O)C(O)C1O)C(=O)c1ccc2c(c1)[C@@H](c1ccccc1F)N(c1nc(-c3nc4ccccc4o3)c(O)c(=O)n1C)CC2. The molecule has 278 valence electrons. The summed E-state index contributed by atoms with van der Waals surface area (Å²) in [7, 11) is 3.00. The Morgan fingerprint density at radius 2 is 1.77 bits per heavy atom. The van der Waals surface area contributed by atoms with Crippen molar-refractivity contribution in [3.63, 3.8) is 0 Å². The largest absolute Gasteiger partial charge is 0.501 e. The van der Waals surface area contributed by atoms with Crippen LogP contribution in [0.4, 0.5) is 10.3 Å². The summed E-state index contributed by atoms with van der Waals surface area (Å²) in [6.07, 6.45) is -6.75. The van der Waals surface area contributed by atoms with Crippen LogP contribution in [-0.4, -0.2) is 115 Å². The quantitative estimate of drug-likeness (QED) is 0.146. The first-order chi connectivity index (χ1) is 25.5. The molecule has 0 aliphatic carbocycles. The molecule has 7 rings (SSSR count). The number of hydrogen-bond acceptors (Lipinski definition) is 13. The van der Waals surface area contributed by atoms with Crippen LogP contribution in [-0.2, 0) is 22.9 Å². The van der Waals surface area contributed by atoms with Crippen LogP contribution in [0.15, 0.2) is 75.9 Å². The van der Waals surface area contributed by atoms with Gasteiger partial charge >= 0.3 is 0 Å². The molecule has 1 saturated heterocycles. The van der Waals surface area contributed by atoms with E-state index < -0.39 is 66.4 Å². The summed E-state index contributed by atoms with van der Waals surface area (Å²) >= 11 is 0. The predicted octanol–water partition coefficient (Wildman–Crippen LogP) is 1.47. The van der Waals surface area contributed by atoms with E-state index >= 15 is 4.39 Å². The molecule has 0 spiro atoms. The number of oxazole rings is 1. The van der Waals surface area contributed by atoms with E-state index in [2.05, 4.69) is 9.97 Å². The third-order valence-electron chi connectivity index (χ3n) is 9.72. The van der Waals surface area contributed by atoms with E-state index in [9.17, 15) is 35.1 Å². The van der Waals surface area contributed by atoms with Gasteiger partial charge in [0.05, 0.1) is 19.3 Å². The number of carbonyl (C=O) groups excluding carboxylic acids is 1. The van der Waals surface area contributed by atoms with E-state index in [-0.39, 0.29) is 41.8 Å². The molecule has 4 heterocycles. The van der Waals surface area contributed by atoms with Gasteiger partial charge in [-0.25, -0.2) is 14.4 Å². The van der Waals surface area contributed by atoms with Gasteiger partial charge in [0, 0.05) is 38.3 Å². The Hall–Kier alpha value is -5.23. The maximum absolute atomic E-state index is 15.7. The number of likely N-dealkylation sites (N-methyl/N-ethyl adjacent to an activating group) is 1. The highest BCUT2D eigenvalue weighted by atomic mass is 19.1. The van der Waals surface area contributed by atoms with Crippen LogP contribution in [0.3, 0.4) is 0 Å². The number of carbonyl (C=O) groups is 1. The Bertz CT molecular complexity index is 2180. The second kappa shape index (κ2) is 14.7. The number of nitrogens with zero attached hydrogens (tertiary/aromatic N) is 5. The first-order valence-corrected chi connectivity index (χ1v) is 17.0. The van der Waals surface area contributed by atoms with E-state index in [4.69, 9.17) is 13.9 Å². The summed E-state index contributed by atoms with van der Waals surface area (Å²) in [5.41, 5.74) is 2.00. The first kappa shape index (κ1) is 36.1. The third-order valence-corrected chi connectivity index (χ3v) is 9.72. The molecule has 0 bridgehead atoms. The summed E-state index contributed by atoms with van der Waals surface area (Å²) in [5.74, 6) is -1.52. The number of aromatic nitrogens is 3. The lowest BCUT2D eigenvalue weighted by Crippen LogP contribution is -2.59. The fourth-order valence-corrected chi connectivity index (χ4v) is 6.79. The Labute approximate surface area is 301 Å². The van der Waals surface area contributed by atoms with E-state index in [1.54, 1.807) is 72.6 Å². The normalized spacial score (nSPS) is 22.9. The molecule has 6 atom stereocenters. The van der Waals surface area contributed by atoms with Gasteiger partial charge in [-0.2, -0.15) is 0 Å². The minimum atomic E-state index is -1.60. The van der Waals surface area contributed by atoms with Crippen molar-refractivity contribution in [2.24, 2.45) is 7.05 Å². The highest BCUT2D eigenvalue weighted by molar-refractivity contribution is 5.94. The lowest BCUT2D eigenvalue weighted by Gasteiger charge is -2.39. The number of aliphatic hydroxyl groups excluding tert-OH is 4. The van der Waals surface area contributed by atoms with Gasteiger partial charge in [-0.05, 0) is 47.9 Å². The van der Waals surface area contributed by atoms with Crippen LogP contribution in [0, 0.1) is 5.82 Å². The Kier molecular flexibility index (Phi) is 9.99. The molecule has 15 nitrogen and oxygen atoms in total. The number of anilines is 1. The van der Waals surface area contributed by atoms with Crippen LogP contribution in [0.5, 0.6) is 5.75 Å². The Morgan fingerprint density at radius 1 is 1.02 bits per heavy atom. The predicted molar refractivity (Wildman–Crippen MR) is 187 cm³/mol. The van der Waals surface area contributed by atoms with Crippen molar-refractivity contribution in [1.29, 1.82) is 0 Å². The molecule has 2 aliphatic heterocycles. The van der Waals surface area contributed by atoms with Crippen molar-refractivity contribution in [3.8, 4) is 17.3 Å². The highest BCUT2D eigenvalue weighted by Gasteiger charge is 2.44. The Balaban J connectivity index is 1.20. The van der Waals surface area contributed by atoms with Gasteiger partial charge in [0.15, 0.2) is 17.6 Å². The topological polar surface area (TPSA) is 204 Å². The van der Waals surface area contributed by atoms with Gasteiger partial charge < -0.3 is 49.2 Å². The fraction of sp³-hybridized carbons (Fsp3) is 0.351. The number of rotatable bonds is 9. The average molecular weight is 732 g/mol. The Morgan fingerprint density at radius 3 is 2.53 bits per heavy atom. The molecule has 2 unspecified atom stereocenters. The highest BCUT2D eigenvalue weighted by Crippen LogP contribution is 2.40. The molecular formula is C37H38FN5O10. The van der Waals surface area contributed by atoms with Crippen molar-refractivity contribution in [2.75, 3.05) is 38.3 Å². The fourth-order valence-electron chi connectivity index (χ4n) is 6.79. The number of amides is 1. The van der Waals surface area contributed by atoms with Crippen molar-refractivity contribution >= 4 is 23.0 Å². The van der Waals surface area contributed by atoms with E-state index in [1.807, 2.05) is 0 Å². The molecular weight excluding hydrogens is 693 g/mol. The standard InChI is InChI=1S/C37H38FN5O10/c1-41(15-16-51-36-32(48)31(47)29(45)26(18-44)53-36)34(49)20-12-11-19-13-14-43(28(22(19)17-20)21-7-3-4-8-23(21)38)37-40-27(30(46)35(50)42(37)2)33-39-24-9-5-6-10-25(24)52-33/h3-12,17,26,28-29,31-32,36,44-48H,13-16,18H2,1-2H3/t26-,28-,29+,31?,32?,36-/m1/s1. The lowest BCUT2D eigenvalue weighted by atomic mass is 9.86. The van der Waals surface area contributed by atoms with E-state index in [0.29, 0.717) is 29.6 Å². The molecule has 5 aromatic rings. The van der Waals surface area contributed by atoms with Gasteiger partial charge in [0.1, 0.15) is 35.7 Å². The zero-order chi connectivity index (χ0) is 37.6. The van der Waals surface area contributed by atoms with Crippen LogP contribution in [0.2, 0.25) is 0 Å². The zero-order valence-electron chi connectivity index (χ0n) is 28.7. The van der Waals surface area contributed by atoms with Crippen molar-refractivity contribution < 1.29 is 48.6 Å². The van der Waals surface area contributed by atoms with E-state index in [0.717, 1.165) is 5.56 Å². The molecule has 0 saturated carbocycles. The maximum atomic E-state index is 15.7. The third kappa shape index (κ3) is 6.65. The smallest absolute Gasteiger partial charge is 0.297 e. The van der Waals surface area contributed by atoms with Gasteiger partial charge in [-0.1, -0.05) is 36.4 Å². The lowest BCUT2D eigenvalue weighted by molar-refractivity contribution is -0.301. The molecule has 5 N–H and O–H groups in total. The molecule has 1 fully saturated rings. The van der Waals surface area contributed by atoms with Gasteiger partial charge in [0.25, 0.3) is 17.4 Å². The number of aliphatic hydroxyl groups is 4. The van der Waals surface area contributed by atoms with Crippen molar-refractivity contribution in [2.45, 2.75) is 43.2 Å². The van der Waals surface area contributed by atoms with Gasteiger partial charge in [-0.15, -0.1) is 0 Å². The summed E-state index contributed by atoms with van der Waals surface area (Å²) in [5, 5.41) is 50.7. The summed E-state index contributed by atoms with van der Waals surface area (Å²) in [4.78, 5) is 39.4. The number of halogens is 1. The van der Waals surface area contributed by atoms with Gasteiger partial charge in [0.2, 0.25) is 11.7 Å².